The molecule has 5 nitrogen and oxygen atoms in total. The normalized spacial score (nSPS) is 15.0. The Hall–Kier alpha value is -2.05. The average Bonchev–Trinajstić information content (AvgIpc) is 3.09. The summed E-state index contributed by atoms with van der Waals surface area (Å²) in [7, 11) is -3.51. The Kier molecular flexibility index (Phi) is 5.53. The third kappa shape index (κ3) is 4.56. The molecule has 0 unspecified atom stereocenters. The van der Waals surface area contributed by atoms with Gasteiger partial charge in [-0.05, 0) is 68.1 Å². The Morgan fingerprint density at radius 3 is 2.38 bits per heavy atom. The molecule has 3 rings (SSSR count). The molecule has 1 saturated carbocycles. The standard InChI is InChI=1S/C19H20ClNO4S/c1-26(23,24)18-12-13(6-11-17(18)20)19(22)21-14-7-9-16(10-8-14)25-15-4-2-3-5-15/h6-12,15H,2-5H2,1H3,(H,21,22). The molecule has 0 bridgehead atoms. The fraction of sp³-hybridized carbons (Fsp3) is 0.316. The van der Waals surface area contributed by atoms with Crippen molar-refractivity contribution >= 4 is 33.0 Å². The van der Waals surface area contributed by atoms with Gasteiger partial charge in [0.25, 0.3) is 5.91 Å². The van der Waals surface area contributed by atoms with Crippen LogP contribution in [0.25, 0.3) is 0 Å². The van der Waals surface area contributed by atoms with Crippen molar-refractivity contribution in [2.24, 2.45) is 0 Å². The summed E-state index contributed by atoms with van der Waals surface area (Å²) in [5, 5.41) is 2.84. The van der Waals surface area contributed by atoms with E-state index in [-0.39, 0.29) is 21.6 Å². The Labute approximate surface area is 158 Å². The Balaban J connectivity index is 1.70. The number of halogens is 1. The summed E-state index contributed by atoms with van der Waals surface area (Å²) in [5.41, 5.74) is 0.825. The van der Waals surface area contributed by atoms with Crippen molar-refractivity contribution in [3.8, 4) is 5.75 Å². The second-order valence-corrected chi connectivity index (χ2v) is 8.81. The van der Waals surface area contributed by atoms with E-state index in [4.69, 9.17) is 16.3 Å². The van der Waals surface area contributed by atoms with Gasteiger partial charge < -0.3 is 10.1 Å². The van der Waals surface area contributed by atoms with Crippen molar-refractivity contribution in [1.29, 1.82) is 0 Å². The zero-order valence-corrected chi connectivity index (χ0v) is 15.9. The van der Waals surface area contributed by atoms with Crippen LogP contribution in [-0.4, -0.2) is 26.7 Å². The van der Waals surface area contributed by atoms with E-state index < -0.39 is 15.7 Å². The highest BCUT2D eigenvalue weighted by Gasteiger charge is 2.17. The molecular weight excluding hydrogens is 374 g/mol. The second-order valence-electron chi connectivity index (χ2n) is 6.42. The van der Waals surface area contributed by atoms with Gasteiger partial charge in [0, 0.05) is 17.5 Å². The highest BCUT2D eigenvalue weighted by atomic mass is 35.5. The van der Waals surface area contributed by atoms with Gasteiger partial charge in [0.05, 0.1) is 16.0 Å². The predicted octanol–water partition coefficient (Wildman–Crippen LogP) is 4.32. The molecule has 26 heavy (non-hydrogen) atoms. The maximum absolute atomic E-state index is 12.4. The van der Waals surface area contributed by atoms with Crippen LogP contribution >= 0.6 is 11.6 Å². The lowest BCUT2D eigenvalue weighted by atomic mass is 10.2. The molecule has 1 aliphatic rings. The molecule has 0 atom stereocenters. The van der Waals surface area contributed by atoms with Crippen molar-refractivity contribution in [3.63, 3.8) is 0 Å². The fourth-order valence-corrected chi connectivity index (χ4v) is 4.25. The molecule has 0 aromatic heterocycles. The van der Waals surface area contributed by atoms with Crippen LogP contribution in [0, 0.1) is 0 Å². The van der Waals surface area contributed by atoms with Crippen LogP contribution in [0.4, 0.5) is 5.69 Å². The van der Waals surface area contributed by atoms with Crippen molar-refractivity contribution in [3.05, 3.63) is 53.1 Å². The number of carbonyl (C=O) groups excluding carboxylic acids is 1. The van der Waals surface area contributed by atoms with E-state index in [9.17, 15) is 13.2 Å². The summed E-state index contributed by atoms with van der Waals surface area (Å²) in [6.45, 7) is 0. The largest absolute Gasteiger partial charge is 0.490 e. The quantitative estimate of drug-likeness (QED) is 0.821. The number of benzene rings is 2. The average molecular weight is 394 g/mol. The molecule has 138 valence electrons. The van der Waals surface area contributed by atoms with Gasteiger partial charge in [-0.15, -0.1) is 0 Å². The number of rotatable bonds is 5. The summed E-state index contributed by atoms with van der Waals surface area (Å²) in [6.07, 6.45) is 5.90. The van der Waals surface area contributed by atoms with Gasteiger partial charge in [-0.25, -0.2) is 8.42 Å². The maximum atomic E-state index is 12.4. The molecule has 0 saturated heterocycles. The number of carbonyl (C=O) groups is 1. The lowest BCUT2D eigenvalue weighted by Crippen LogP contribution is -2.13. The first-order valence-electron chi connectivity index (χ1n) is 8.40. The van der Waals surface area contributed by atoms with Gasteiger partial charge in [-0.1, -0.05) is 11.6 Å². The molecule has 0 heterocycles. The smallest absolute Gasteiger partial charge is 0.255 e. The number of sulfone groups is 1. The molecule has 1 amide bonds. The summed E-state index contributed by atoms with van der Waals surface area (Å²) < 4.78 is 29.4. The number of ether oxygens (including phenoxy) is 1. The molecule has 1 N–H and O–H groups in total. The van der Waals surface area contributed by atoms with E-state index in [0.717, 1.165) is 24.8 Å². The third-order valence-electron chi connectivity index (χ3n) is 4.31. The van der Waals surface area contributed by atoms with E-state index in [1.165, 1.54) is 31.0 Å². The summed E-state index contributed by atoms with van der Waals surface area (Å²) >= 11 is 5.91. The lowest BCUT2D eigenvalue weighted by Gasteiger charge is -2.13. The van der Waals surface area contributed by atoms with Gasteiger partial charge in [0.1, 0.15) is 5.75 Å². The van der Waals surface area contributed by atoms with Crippen molar-refractivity contribution in [1.82, 2.24) is 0 Å². The molecule has 0 aliphatic heterocycles. The van der Waals surface area contributed by atoms with Crippen LogP contribution in [0.5, 0.6) is 5.75 Å². The number of hydrogen-bond donors (Lipinski definition) is 1. The zero-order chi connectivity index (χ0) is 18.7. The second kappa shape index (κ2) is 7.68. The highest BCUT2D eigenvalue weighted by Crippen LogP contribution is 2.26. The van der Waals surface area contributed by atoms with E-state index in [2.05, 4.69) is 5.32 Å². The molecule has 2 aromatic rings. The monoisotopic (exact) mass is 393 g/mol. The minimum absolute atomic E-state index is 0.0628. The Morgan fingerprint density at radius 2 is 1.77 bits per heavy atom. The minimum Gasteiger partial charge on any atom is -0.490 e. The first-order valence-corrected chi connectivity index (χ1v) is 10.7. The van der Waals surface area contributed by atoms with Crippen LogP contribution in [0.15, 0.2) is 47.4 Å². The van der Waals surface area contributed by atoms with Gasteiger partial charge in [0.2, 0.25) is 0 Å². The number of nitrogens with one attached hydrogen (secondary N) is 1. The third-order valence-corrected chi connectivity index (χ3v) is 5.89. The molecule has 1 aliphatic carbocycles. The Morgan fingerprint density at radius 1 is 1.12 bits per heavy atom. The number of hydrogen-bond acceptors (Lipinski definition) is 4. The lowest BCUT2D eigenvalue weighted by molar-refractivity contribution is 0.102. The minimum atomic E-state index is -3.51. The Bertz CT molecular complexity index is 904. The number of anilines is 1. The van der Waals surface area contributed by atoms with Crippen LogP contribution in [0.1, 0.15) is 36.0 Å². The van der Waals surface area contributed by atoms with Crippen molar-refractivity contribution < 1.29 is 17.9 Å². The van der Waals surface area contributed by atoms with Crippen molar-refractivity contribution in [2.75, 3.05) is 11.6 Å². The SMILES string of the molecule is CS(=O)(=O)c1cc(C(=O)Nc2ccc(OC3CCCC3)cc2)ccc1Cl. The topological polar surface area (TPSA) is 72.5 Å². The van der Waals surface area contributed by atoms with E-state index in [0.29, 0.717) is 5.69 Å². The number of amides is 1. The molecule has 1 fully saturated rings. The molecule has 0 spiro atoms. The van der Waals surface area contributed by atoms with Crippen molar-refractivity contribution in [2.45, 2.75) is 36.7 Å². The summed E-state index contributed by atoms with van der Waals surface area (Å²) in [6, 6.07) is 11.3. The summed E-state index contributed by atoms with van der Waals surface area (Å²) in [5.74, 6) is 0.372. The van der Waals surface area contributed by atoms with Crippen LogP contribution in [-0.2, 0) is 9.84 Å². The first-order chi connectivity index (χ1) is 12.3. The molecule has 2 aromatic carbocycles. The van der Waals surface area contributed by atoms with Gasteiger partial charge in [0.15, 0.2) is 9.84 Å². The van der Waals surface area contributed by atoms with E-state index >= 15 is 0 Å². The van der Waals surface area contributed by atoms with Crippen LogP contribution in [0.3, 0.4) is 0 Å². The molecular formula is C19H20ClNO4S. The fourth-order valence-electron chi connectivity index (χ4n) is 2.95. The zero-order valence-electron chi connectivity index (χ0n) is 14.4. The maximum Gasteiger partial charge on any atom is 0.255 e. The molecule has 0 radical (unpaired) electrons. The van der Waals surface area contributed by atoms with Crippen LogP contribution in [0.2, 0.25) is 5.02 Å². The van der Waals surface area contributed by atoms with Gasteiger partial charge >= 0.3 is 0 Å². The van der Waals surface area contributed by atoms with Crippen LogP contribution < -0.4 is 10.1 Å². The highest BCUT2D eigenvalue weighted by molar-refractivity contribution is 7.90. The summed E-state index contributed by atoms with van der Waals surface area (Å²) in [4.78, 5) is 12.3. The molecule has 7 heteroatoms. The van der Waals surface area contributed by atoms with Gasteiger partial charge in [-0.3, -0.25) is 4.79 Å². The van der Waals surface area contributed by atoms with Gasteiger partial charge in [-0.2, -0.15) is 0 Å². The van der Waals surface area contributed by atoms with E-state index in [1.54, 1.807) is 12.1 Å². The predicted molar refractivity (Wildman–Crippen MR) is 102 cm³/mol. The van der Waals surface area contributed by atoms with E-state index in [1.807, 2.05) is 12.1 Å². The first kappa shape index (κ1) is 18.7.